The highest BCUT2D eigenvalue weighted by Crippen LogP contribution is 2.21. The van der Waals surface area contributed by atoms with E-state index in [-0.39, 0.29) is 28.9 Å². The van der Waals surface area contributed by atoms with E-state index >= 15 is 0 Å². The SMILES string of the molecule is COc1ccc(S(=O)(=O)N2CCN(C(=O)c3ccc(C(N)=S)cc3)CC2)cc1. The topological polar surface area (TPSA) is 92.9 Å². The number of carbonyl (C=O) groups is 1. The summed E-state index contributed by atoms with van der Waals surface area (Å²) >= 11 is 4.91. The molecule has 0 aromatic heterocycles. The number of thiocarbonyl (C=S) groups is 1. The molecule has 3 rings (SSSR count). The van der Waals surface area contributed by atoms with Crippen LogP contribution in [0.2, 0.25) is 0 Å². The number of piperazine rings is 1. The molecule has 0 atom stereocenters. The summed E-state index contributed by atoms with van der Waals surface area (Å²) in [4.78, 5) is 14.8. The van der Waals surface area contributed by atoms with Crippen LogP contribution in [0.4, 0.5) is 0 Å². The van der Waals surface area contributed by atoms with Gasteiger partial charge in [-0.25, -0.2) is 8.42 Å². The summed E-state index contributed by atoms with van der Waals surface area (Å²) in [7, 11) is -2.08. The van der Waals surface area contributed by atoms with Crippen molar-refractivity contribution in [1.82, 2.24) is 9.21 Å². The van der Waals surface area contributed by atoms with E-state index in [4.69, 9.17) is 22.7 Å². The molecule has 28 heavy (non-hydrogen) atoms. The second kappa shape index (κ2) is 8.26. The van der Waals surface area contributed by atoms with Gasteiger partial charge in [0.1, 0.15) is 10.7 Å². The van der Waals surface area contributed by atoms with Crippen LogP contribution in [-0.4, -0.2) is 61.8 Å². The van der Waals surface area contributed by atoms with Crippen LogP contribution in [0.1, 0.15) is 15.9 Å². The molecule has 0 aliphatic carbocycles. The third-order valence-corrected chi connectivity index (χ3v) is 6.79. The fourth-order valence-electron chi connectivity index (χ4n) is 2.99. The van der Waals surface area contributed by atoms with Gasteiger partial charge in [-0.05, 0) is 36.4 Å². The van der Waals surface area contributed by atoms with Gasteiger partial charge in [0.15, 0.2) is 0 Å². The lowest BCUT2D eigenvalue weighted by molar-refractivity contribution is 0.0698. The standard InChI is InChI=1S/C19H21N3O4S2/c1-26-16-6-8-17(9-7-16)28(24,25)22-12-10-21(11-13-22)19(23)15-4-2-14(3-5-15)18(20)27/h2-9H,10-13H2,1H3,(H2,20,27). The molecule has 1 saturated heterocycles. The maximum absolute atomic E-state index is 12.8. The highest BCUT2D eigenvalue weighted by Gasteiger charge is 2.30. The molecule has 2 aromatic carbocycles. The Bertz CT molecular complexity index is 965. The zero-order chi connectivity index (χ0) is 20.3. The highest BCUT2D eigenvalue weighted by molar-refractivity contribution is 7.89. The van der Waals surface area contributed by atoms with E-state index in [0.29, 0.717) is 30.0 Å². The van der Waals surface area contributed by atoms with Crippen LogP contribution >= 0.6 is 12.2 Å². The monoisotopic (exact) mass is 419 g/mol. The Morgan fingerprint density at radius 2 is 1.50 bits per heavy atom. The van der Waals surface area contributed by atoms with Crippen LogP contribution in [0.25, 0.3) is 0 Å². The van der Waals surface area contributed by atoms with Crippen molar-refractivity contribution in [2.45, 2.75) is 4.90 Å². The number of hydrogen-bond acceptors (Lipinski definition) is 5. The summed E-state index contributed by atoms with van der Waals surface area (Å²) in [6.07, 6.45) is 0. The van der Waals surface area contributed by atoms with Gasteiger partial charge in [0.25, 0.3) is 5.91 Å². The molecular weight excluding hydrogens is 398 g/mol. The van der Waals surface area contributed by atoms with E-state index in [1.807, 2.05) is 0 Å². The van der Waals surface area contributed by atoms with Crippen molar-refractivity contribution < 1.29 is 17.9 Å². The lowest BCUT2D eigenvalue weighted by atomic mass is 10.1. The number of amides is 1. The van der Waals surface area contributed by atoms with E-state index in [1.165, 1.54) is 23.5 Å². The second-order valence-electron chi connectivity index (χ2n) is 6.31. The Balaban J connectivity index is 1.66. The number of sulfonamides is 1. The molecular formula is C19H21N3O4S2. The smallest absolute Gasteiger partial charge is 0.253 e. The Kier molecular flexibility index (Phi) is 5.97. The number of nitrogens with zero attached hydrogens (tertiary/aromatic N) is 2. The molecule has 2 aromatic rings. The maximum atomic E-state index is 12.8. The molecule has 0 unspecified atom stereocenters. The summed E-state index contributed by atoms with van der Waals surface area (Å²) in [5.41, 5.74) is 6.79. The summed E-state index contributed by atoms with van der Waals surface area (Å²) in [5.74, 6) is 0.451. The molecule has 9 heteroatoms. The summed E-state index contributed by atoms with van der Waals surface area (Å²) in [6.45, 7) is 1.13. The fraction of sp³-hybridized carbons (Fsp3) is 0.263. The third kappa shape index (κ3) is 4.16. The summed E-state index contributed by atoms with van der Waals surface area (Å²) in [5, 5.41) is 0. The first-order chi connectivity index (χ1) is 13.3. The van der Waals surface area contributed by atoms with Crippen LogP contribution in [0.3, 0.4) is 0 Å². The lowest BCUT2D eigenvalue weighted by Crippen LogP contribution is -2.50. The average Bonchev–Trinajstić information content (AvgIpc) is 2.73. The van der Waals surface area contributed by atoms with E-state index in [1.54, 1.807) is 41.3 Å². The average molecular weight is 420 g/mol. The maximum Gasteiger partial charge on any atom is 0.253 e. The number of carbonyl (C=O) groups excluding carboxylic acids is 1. The molecule has 1 fully saturated rings. The van der Waals surface area contributed by atoms with Gasteiger partial charge in [-0.3, -0.25) is 4.79 Å². The van der Waals surface area contributed by atoms with Crippen molar-refractivity contribution in [2.24, 2.45) is 5.73 Å². The first kappa shape index (κ1) is 20.2. The van der Waals surface area contributed by atoms with Gasteiger partial charge in [-0.2, -0.15) is 4.31 Å². The quantitative estimate of drug-likeness (QED) is 0.738. The Hall–Kier alpha value is -2.49. The van der Waals surface area contributed by atoms with Gasteiger partial charge in [-0.1, -0.05) is 24.4 Å². The van der Waals surface area contributed by atoms with Crippen molar-refractivity contribution in [3.05, 3.63) is 59.7 Å². The molecule has 1 amide bonds. The first-order valence-corrected chi connectivity index (χ1v) is 10.5. The van der Waals surface area contributed by atoms with Crippen LogP contribution < -0.4 is 10.5 Å². The molecule has 7 nitrogen and oxygen atoms in total. The summed E-state index contributed by atoms with van der Waals surface area (Å²) in [6, 6.07) is 13.0. The zero-order valence-corrected chi connectivity index (χ0v) is 17.0. The normalized spacial score (nSPS) is 15.2. The molecule has 0 saturated carbocycles. The molecule has 0 bridgehead atoms. The minimum atomic E-state index is -3.60. The molecule has 148 valence electrons. The Labute approximate surface area is 169 Å². The van der Waals surface area contributed by atoms with Crippen molar-refractivity contribution in [3.63, 3.8) is 0 Å². The first-order valence-electron chi connectivity index (χ1n) is 8.66. The predicted octanol–water partition coefficient (Wildman–Crippen LogP) is 1.48. The molecule has 1 heterocycles. The van der Waals surface area contributed by atoms with Crippen molar-refractivity contribution in [3.8, 4) is 5.75 Å². The number of benzene rings is 2. The molecule has 1 aliphatic heterocycles. The van der Waals surface area contributed by atoms with Gasteiger partial charge < -0.3 is 15.4 Å². The summed E-state index contributed by atoms with van der Waals surface area (Å²) < 4.78 is 32.0. The van der Waals surface area contributed by atoms with Crippen LogP contribution in [0.15, 0.2) is 53.4 Å². The van der Waals surface area contributed by atoms with E-state index in [9.17, 15) is 13.2 Å². The van der Waals surface area contributed by atoms with Crippen LogP contribution in [0.5, 0.6) is 5.75 Å². The van der Waals surface area contributed by atoms with Crippen molar-refractivity contribution >= 4 is 33.1 Å². The lowest BCUT2D eigenvalue weighted by Gasteiger charge is -2.34. The number of hydrogen-bond donors (Lipinski definition) is 1. The van der Waals surface area contributed by atoms with Crippen molar-refractivity contribution in [1.29, 1.82) is 0 Å². The number of methoxy groups -OCH3 is 1. The molecule has 0 spiro atoms. The number of nitrogens with two attached hydrogens (primary N) is 1. The van der Waals surface area contributed by atoms with Gasteiger partial charge in [-0.15, -0.1) is 0 Å². The van der Waals surface area contributed by atoms with Gasteiger partial charge in [0.2, 0.25) is 10.0 Å². The van der Waals surface area contributed by atoms with Crippen molar-refractivity contribution in [2.75, 3.05) is 33.3 Å². The largest absolute Gasteiger partial charge is 0.497 e. The molecule has 0 radical (unpaired) electrons. The van der Waals surface area contributed by atoms with Crippen LogP contribution in [0, 0.1) is 0 Å². The number of rotatable bonds is 5. The highest BCUT2D eigenvalue weighted by atomic mass is 32.2. The second-order valence-corrected chi connectivity index (χ2v) is 8.69. The minimum absolute atomic E-state index is 0.143. The van der Waals surface area contributed by atoms with Gasteiger partial charge >= 0.3 is 0 Å². The Morgan fingerprint density at radius 1 is 0.964 bits per heavy atom. The van der Waals surface area contributed by atoms with E-state index < -0.39 is 10.0 Å². The Morgan fingerprint density at radius 3 is 2.00 bits per heavy atom. The van der Waals surface area contributed by atoms with E-state index in [0.717, 1.165) is 0 Å². The predicted molar refractivity (Wildman–Crippen MR) is 110 cm³/mol. The van der Waals surface area contributed by atoms with Gasteiger partial charge in [0.05, 0.1) is 12.0 Å². The fourth-order valence-corrected chi connectivity index (χ4v) is 4.55. The minimum Gasteiger partial charge on any atom is -0.497 e. The molecule has 2 N–H and O–H groups in total. The van der Waals surface area contributed by atoms with Crippen LogP contribution in [-0.2, 0) is 10.0 Å². The van der Waals surface area contributed by atoms with E-state index in [2.05, 4.69) is 0 Å². The molecule has 1 aliphatic rings. The number of ether oxygens (including phenoxy) is 1. The van der Waals surface area contributed by atoms with Gasteiger partial charge in [0, 0.05) is 37.3 Å². The third-order valence-electron chi connectivity index (χ3n) is 4.64. The zero-order valence-electron chi connectivity index (χ0n) is 15.4.